The lowest BCUT2D eigenvalue weighted by molar-refractivity contribution is 0.103. The zero-order chi connectivity index (χ0) is 20.2. The summed E-state index contributed by atoms with van der Waals surface area (Å²) in [5, 5.41) is 1.04. The van der Waals surface area contributed by atoms with Gasteiger partial charge >= 0.3 is 0 Å². The fourth-order valence-corrected chi connectivity index (χ4v) is 5.01. The summed E-state index contributed by atoms with van der Waals surface area (Å²) < 4.78 is 2.34. The van der Waals surface area contributed by atoms with Crippen LogP contribution in [0.4, 0.5) is 0 Å². The van der Waals surface area contributed by atoms with Crippen molar-refractivity contribution >= 4 is 28.4 Å². The maximum absolute atomic E-state index is 13.3. The van der Waals surface area contributed by atoms with Gasteiger partial charge in [-0.3, -0.25) is 4.79 Å². The Labute approximate surface area is 176 Å². The van der Waals surface area contributed by atoms with Crippen LogP contribution in [0.1, 0.15) is 40.1 Å². The Morgan fingerprint density at radius 3 is 2.24 bits per heavy atom. The van der Waals surface area contributed by atoms with Crippen LogP contribution in [0.2, 0.25) is 0 Å². The molecular weight excluding hydrogens is 374 g/mol. The van der Waals surface area contributed by atoms with Crippen molar-refractivity contribution in [3.8, 4) is 0 Å². The molecule has 1 aromatic heterocycles. The number of carbonyl (C=O) groups excluding carboxylic acids is 1. The number of fused-ring (bicyclic) bond motifs is 1. The van der Waals surface area contributed by atoms with Crippen LogP contribution in [0.3, 0.4) is 0 Å². The number of thioether (sulfide) groups is 1. The second-order valence-electron chi connectivity index (χ2n) is 7.39. The SMILES string of the molecule is Cc1c(C(=O)c2ccccc2)c2ccccc2n1C(C)CSCc1ccccc1. The van der Waals surface area contributed by atoms with Gasteiger partial charge in [0.05, 0.1) is 5.56 Å². The van der Waals surface area contributed by atoms with Crippen molar-refractivity contribution < 1.29 is 4.79 Å². The average Bonchev–Trinajstić information content (AvgIpc) is 3.06. The van der Waals surface area contributed by atoms with Crippen LogP contribution in [0.5, 0.6) is 0 Å². The number of hydrogen-bond donors (Lipinski definition) is 0. The van der Waals surface area contributed by atoms with Gasteiger partial charge in [0.25, 0.3) is 0 Å². The minimum Gasteiger partial charge on any atom is -0.341 e. The summed E-state index contributed by atoms with van der Waals surface area (Å²) in [7, 11) is 0. The van der Waals surface area contributed by atoms with Crippen LogP contribution in [-0.4, -0.2) is 16.1 Å². The monoisotopic (exact) mass is 399 g/mol. The number of nitrogens with zero attached hydrogens (tertiary/aromatic N) is 1. The molecule has 0 fully saturated rings. The van der Waals surface area contributed by atoms with Gasteiger partial charge in [-0.1, -0.05) is 78.9 Å². The predicted octanol–water partition coefficient (Wildman–Crippen LogP) is 6.68. The van der Waals surface area contributed by atoms with E-state index in [9.17, 15) is 4.79 Å². The van der Waals surface area contributed by atoms with Gasteiger partial charge < -0.3 is 4.57 Å². The smallest absolute Gasteiger partial charge is 0.195 e. The topological polar surface area (TPSA) is 22.0 Å². The third-order valence-electron chi connectivity index (χ3n) is 5.33. The van der Waals surface area contributed by atoms with Gasteiger partial charge in [0.2, 0.25) is 0 Å². The Bertz CT molecular complexity index is 1120. The molecular formula is C26H25NOS. The number of para-hydroxylation sites is 1. The molecule has 1 atom stereocenters. The number of hydrogen-bond acceptors (Lipinski definition) is 2. The summed E-state index contributed by atoms with van der Waals surface area (Å²) in [4.78, 5) is 13.3. The van der Waals surface area contributed by atoms with Crippen molar-refractivity contribution in [1.82, 2.24) is 4.57 Å². The fourth-order valence-electron chi connectivity index (χ4n) is 3.98. The first-order valence-electron chi connectivity index (χ1n) is 9.97. The Hall–Kier alpha value is -2.78. The highest BCUT2D eigenvalue weighted by molar-refractivity contribution is 7.98. The van der Waals surface area contributed by atoms with E-state index < -0.39 is 0 Å². The molecule has 3 heteroatoms. The molecule has 4 aromatic rings. The van der Waals surface area contributed by atoms with E-state index in [1.807, 2.05) is 48.2 Å². The van der Waals surface area contributed by atoms with Crippen molar-refractivity contribution in [2.24, 2.45) is 0 Å². The van der Waals surface area contributed by atoms with Gasteiger partial charge in [-0.05, 0) is 25.5 Å². The van der Waals surface area contributed by atoms with E-state index in [2.05, 4.69) is 66.9 Å². The summed E-state index contributed by atoms with van der Waals surface area (Å²) in [6.45, 7) is 4.32. The molecule has 0 bridgehead atoms. The van der Waals surface area contributed by atoms with Crippen LogP contribution >= 0.6 is 11.8 Å². The van der Waals surface area contributed by atoms with E-state index in [1.54, 1.807) is 0 Å². The van der Waals surface area contributed by atoms with Gasteiger partial charge in [0.1, 0.15) is 0 Å². The Morgan fingerprint density at radius 2 is 1.52 bits per heavy atom. The van der Waals surface area contributed by atoms with Gasteiger partial charge in [-0.25, -0.2) is 0 Å². The van der Waals surface area contributed by atoms with Gasteiger partial charge in [0.15, 0.2) is 5.78 Å². The third-order valence-corrected chi connectivity index (χ3v) is 6.59. The third kappa shape index (κ3) is 4.01. The largest absolute Gasteiger partial charge is 0.341 e. The molecule has 0 aliphatic carbocycles. The number of rotatable bonds is 7. The summed E-state index contributed by atoms with van der Waals surface area (Å²) >= 11 is 1.93. The normalized spacial score (nSPS) is 12.2. The van der Waals surface area contributed by atoms with E-state index in [0.29, 0.717) is 6.04 Å². The lowest BCUT2D eigenvalue weighted by Crippen LogP contribution is -2.11. The first kappa shape index (κ1) is 19.5. The molecule has 0 spiro atoms. The molecule has 2 nitrogen and oxygen atoms in total. The maximum atomic E-state index is 13.3. The quantitative estimate of drug-likeness (QED) is 0.324. The molecule has 0 saturated carbocycles. The molecule has 0 aliphatic heterocycles. The van der Waals surface area contributed by atoms with Crippen molar-refractivity contribution in [1.29, 1.82) is 0 Å². The molecule has 29 heavy (non-hydrogen) atoms. The van der Waals surface area contributed by atoms with Gasteiger partial charge in [-0.15, -0.1) is 0 Å². The minimum absolute atomic E-state index is 0.0992. The minimum atomic E-state index is 0.0992. The molecule has 0 aliphatic rings. The zero-order valence-corrected chi connectivity index (χ0v) is 17.7. The van der Waals surface area contributed by atoms with Crippen molar-refractivity contribution in [2.45, 2.75) is 25.6 Å². The highest BCUT2D eigenvalue weighted by atomic mass is 32.2. The molecule has 0 N–H and O–H groups in total. The number of carbonyl (C=O) groups is 1. The Balaban J connectivity index is 1.64. The lowest BCUT2D eigenvalue weighted by Gasteiger charge is -2.18. The van der Waals surface area contributed by atoms with Crippen LogP contribution in [-0.2, 0) is 5.75 Å². The average molecular weight is 400 g/mol. The number of aromatic nitrogens is 1. The summed E-state index contributed by atoms with van der Waals surface area (Å²) in [5.41, 5.74) is 5.10. The van der Waals surface area contributed by atoms with Crippen LogP contribution < -0.4 is 0 Å². The molecule has 3 aromatic carbocycles. The standard InChI is InChI=1S/C26H25NOS/c1-19(17-29-18-21-11-5-3-6-12-21)27-20(2)25(23-15-9-10-16-24(23)27)26(28)22-13-7-4-8-14-22/h3-16,19H,17-18H2,1-2H3. The molecule has 1 unspecified atom stereocenters. The van der Waals surface area contributed by atoms with Gasteiger partial charge in [0, 0.05) is 39.7 Å². The number of ketones is 1. The predicted molar refractivity (Wildman–Crippen MR) is 124 cm³/mol. The molecule has 0 amide bonds. The summed E-state index contributed by atoms with van der Waals surface area (Å²) in [6, 6.07) is 28.7. The van der Waals surface area contributed by atoms with Crippen molar-refractivity contribution in [2.75, 3.05) is 5.75 Å². The van der Waals surface area contributed by atoms with Crippen molar-refractivity contribution in [3.63, 3.8) is 0 Å². The maximum Gasteiger partial charge on any atom is 0.195 e. The second-order valence-corrected chi connectivity index (χ2v) is 8.42. The van der Waals surface area contributed by atoms with Crippen LogP contribution in [0, 0.1) is 6.92 Å². The first-order chi connectivity index (χ1) is 14.2. The summed E-state index contributed by atoms with van der Waals surface area (Å²) in [6.07, 6.45) is 0. The molecule has 0 saturated heterocycles. The van der Waals surface area contributed by atoms with Crippen molar-refractivity contribution in [3.05, 3.63) is 107 Å². The first-order valence-corrected chi connectivity index (χ1v) is 11.1. The van der Waals surface area contributed by atoms with E-state index >= 15 is 0 Å². The van der Waals surface area contributed by atoms with E-state index in [-0.39, 0.29) is 5.78 Å². The Morgan fingerprint density at radius 1 is 0.897 bits per heavy atom. The highest BCUT2D eigenvalue weighted by Crippen LogP contribution is 2.32. The van der Waals surface area contributed by atoms with E-state index in [4.69, 9.17) is 0 Å². The zero-order valence-electron chi connectivity index (χ0n) is 16.8. The second kappa shape index (κ2) is 8.71. The summed E-state index contributed by atoms with van der Waals surface area (Å²) in [5.74, 6) is 2.09. The number of benzene rings is 3. The molecule has 1 heterocycles. The van der Waals surface area contributed by atoms with E-state index in [1.165, 1.54) is 5.56 Å². The fraction of sp³-hybridized carbons (Fsp3) is 0.192. The molecule has 146 valence electrons. The van der Waals surface area contributed by atoms with Crippen LogP contribution in [0.15, 0.2) is 84.9 Å². The molecule has 4 rings (SSSR count). The molecule has 0 radical (unpaired) electrons. The lowest BCUT2D eigenvalue weighted by atomic mass is 10.0. The van der Waals surface area contributed by atoms with E-state index in [0.717, 1.165) is 39.2 Å². The Kier molecular flexibility index (Phi) is 5.86. The highest BCUT2D eigenvalue weighted by Gasteiger charge is 2.23. The van der Waals surface area contributed by atoms with Crippen LogP contribution in [0.25, 0.3) is 10.9 Å². The van der Waals surface area contributed by atoms with Gasteiger partial charge in [-0.2, -0.15) is 11.8 Å².